The zero-order valence-corrected chi connectivity index (χ0v) is 17.3. The lowest BCUT2D eigenvalue weighted by atomic mass is 10.0. The molecule has 0 spiro atoms. The van der Waals surface area contributed by atoms with Crippen molar-refractivity contribution in [1.29, 1.82) is 5.26 Å². The number of nitrogens with zero attached hydrogens (tertiary/aromatic N) is 4. The number of amides is 2. The van der Waals surface area contributed by atoms with Gasteiger partial charge in [0.2, 0.25) is 5.91 Å². The van der Waals surface area contributed by atoms with Crippen LogP contribution in [0.25, 0.3) is 21.6 Å². The van der Waals surface area contributed by atoms with E-state index in [1.807, 2.05) is 18.3 Å². The Balaban J connectivity index is 1.66. The molecule has 0 bridgehead atoms. The first-order valence-corrected chi connectivity index (χ1v) is 10.5. The van der Waals surface area contributed by atoms with Crippen molar-refractivity contribution >= 4 is 39.9 Å². The fraction of sp³-hybridized carbons (Fsp3) is 0.350. The first-order valence-electron chi connectivity index (χ1n) is 9.66. The van der Waals surface area contributed by atoms with Crippen LogP contribution in [0.5, 0.6) is 0 Å². The van der Waals surface area contributed by atoms with Gasteiger partial charge in [0.25, 0.3) is 5.91 Å². The number of nitriles is 1. The van der Waals surface area contributed by atoms with E-state index in [1.165, 1.54) is 11.3 Å². The zero-order valence-electron chi connectivity index (χ0n) is 16.4. The van der Waals surface area contributed by atoms with Crippen LogP contribution in [0.15, 0.2) is 23.8 Å². The van der Waals surface area contributed by atoms with E-state index in [2.05, 4.69) is 25.6 Å². The molecule has 1 fully saturated rings. The number of anilines is 1. The van der Waals surface area contributed by atoms with Crippen molar-refractivity contribution in [3.8, 4) is 16.6 Å². The molecule has 2 amide bonds. The monoisotopic (exact) mass is 423 g/mol. The van der Waals surface area contributed by atoms with Crippen LogP contribution in [0.3, 0.4) is 0 Å². The third kappa shape index (κ3) is 3.84. The molecule has 1 atom stereocenters. The van der Waals surface area contributed by atoms with E-state index in [0.717, 1.165) is 35.1 Å². The highest BCUT2D eigenvalue weighted by Crippen LogP contribution is 2.36. The van der Waals surface area contributed by atoms with Crippen molar-refractivity contribution in [3.05, 3.63) is 29.5 Å². The highest BCUT2D eigenvalue weighted by Gasteiger charge is 2.25. The van der Waals surface area contributed by atoms with Gasteiger partial charge in [0, 0.05) is 49.3 Å². The smallest absolute Gasteiger partial charge is 0.270 e. The average molecular weight is 424 g/mol. The Bertz CT molecular complexity index is 1130. The molecule has 1 saturated heterocycles. The minimum atomic E-state index is -0.235. The molecule has 4 heterocycles. The number of hydrogen-bond acceptors (Lipinski definition) is 7. The summed E-state index contributed by atoms with van der Waals surface area (Å²) in [5.41, 5.74) is 2.79. The lowest BCUT2D eigenvalue weighted by Crippen LogP contribution is -2.45. The number of carbonyl (C=O) groups excluding carboxylic acids is 2. The van der Waals surface area contributed by atoms with E-state index >= 15 is 0 Å². The Labute approximate surface area is 177 Å². The lowest BCUT2D eigenvalue weighted by Gasteiger charge is -2.33. The molecule has 1 aliphatic rings. The van der Waals surface area contributed by atoms with Crippen molar-refractivity contribution in [3.63, 3.8) is 0 Å². The molecule has 3 N–H and O–H groups in total. The number of H-pyrrole nitrogens is 1. The maximum absolute atomic E-state index is 12.2. The summed E-state index contributed by atoms with van der Waals surface area (Å²) in [5.74, 6) is -0.373. The molecular weight excluding hydrogens is 402 g/mol. The number of thiazole rings is 1. The van der Waals surface area contributed by atoms with Crippen LogP contribution in [0.4, 0.5) is 5.69 Å². The summed E-state index contributed by atoms with van der Waals surface area (Å²) in [5, 5.41) is 18.3. The van der Waals surface area contributed by atoms with Gasteiger partial charge in [-0.25, -0.2) is 9.97 Å². The van der Waals surface area contributed by atoms with Crippen molar-refractivity contribution in [1.82, 2.24) is 25.2 Å². The molecule has 0 saturated carbocycles. The van der Waals surface area contributed by atoms with Gasteiger partial charge in [-0.05, 0) is 18.9 Å². The Morgan fingerprint density at radius 2 is 2.33 bits per heavy atom. The van der Waals surface area contributed by atoms with E-state index in [4.69, 9.17) is 5.26 Å². The standard InChI is InChI=1S/C20H21N7O2S/c1-22-19(29)15-11-30-20(26-15)14-9-24-18-13(5-7-23-18)17(14)25-12-3-2-8-27(10-12)16(28)4-6-21/h5,7,9,11-12H,2-4,8,10H2,1H3,(H,22,29)(H2,23,24,25). The van der Waals surface area contributed by atoms with Crippen LogP contribution in [0.1, 0.15) is 29.8 Å². The summed E-state index contributed by atoms with van der Waals surface area (Å²) in [7, 11) is 1.57. The number of aromatic nitrogens is 3. The fourth-order valence-corrected chi connectivity index (χ4v) is 4.48. The van der Waals surface area contributed by atoms with Gasteiger partial charge in [-0.3, -0.25) is 9.59 Å². The average Bonchev–Trinajstić information content (AvgIpc) is 3.44. The number of rotatable bonds is 5. The van der Waals surface area contributed by atoms with Crippen LogP contribution < -0.4 is 10.6 Å². The van der Waals surface area contributed by atoms with E-state index in [1.54, 1.807) is 23.5 Å². The van der Waals surface area contributed by atoms with E-state index in [9.17, 15) is 9.59 Å². The number of nitrogens with one attached hydrogen (secondary N) is 3. The fourth-order valence-electron chi connectivity index (χ4n) is 3.66. The Hall–Kier alpha value is -3.45. The Morgan fingerprint density at radius 1 is 1.47 bits per heavy atom. The van der Waals surface area contributed by atoms with Crippen molar-refractivity contribution in [2.75, 3.05) is 25.5 Å². The molecule has 9 nitrogen and oxygen atoms in total. The number of fused-ring (bicyclic) bond motifs is 1. The number of likely N-dealkylation sites (tertiary alicyclic amines) is 1. The summed E-state index contributed by atoms with van der Waals surface area (Å²) in [6, 6.07) is 3.92. The third-order valence-corrected chi connectivity index (χ3v) is 6.01. The molecule has 0 aromatic carbocycles. The second-order valence-electron chi connectivity index (χ2n) is 7.06. The lowest BCUT2D eigenvalue weighted by molar-refractivity contribution is -0.131. The summed E-state index contributed by atoms with van der Waals surface area (Å²) in [6.07, 6.45) is 5.24. The highest BCUT2D eigenvalue weighted by molar-refractivity contribution is 7.13. The van der Waals surface area contributed by atoms with Gasteiger partial charge >= 0.3 is 0 Å². The summed E-state index contributed by atoms with van der Waals surface area (Å²) >= 11 is 1.38. The number of carbonyl (C=O) groups is 2. The van der Waals surface area contributed by atoms with Gasteiger partial charge in [-0.1, -0.05) is 0 Å². The second kappa shape index (κ2) is 8.51. The number of piperidine rings is 1. The molecule has 0 aliphatic carbocycles. The minimum Gasteiger partial charge on any atom is -0.379 e. The van der Waals surface area contributed by atoms with Crippen molar-refractivity contribution < 1.29 is 9.59 Å². The molecule has 3 aromatic heterocycles. The van der Waals surface area contributed by atoms with Gasteiger partial charge in [0.05, 0.1) is 17.3 Å². The van der Waals surface area contributed by atoms with Gasteiger partial charge < -0.3 is 20.5 Å². The van der Waals surface area contributed by atoms with Crippen LogP contribution in [-0.4, -0.2) is 57.8 Å². The predicted octanol–water partition coefficient (Wildman–Crippen LogP) is 2.36. The molecule has 0 radical (unpaired) electrons. The van der Waals surface area contributed by atoms with Crippen molar-refractivity contribution in [2.45, 2.75) is 25.3 Å². The molecule has 10 heteroatoms. The first kappa shape index (κ1) is 19.8. The molecular formula is C20H21N7O2S. The summed E-state index contributed by atoms with van der Waals surface area (Å²) < 4.78 is 0. The topological polar surface area (TPSA) is 127 Å². The van der Waals surface area contributed by atoms with Crippen LogP contribution in [0, 0.1) is 11.3 Å². The number of aromatic amines is 1. The molecule has 1 aliphatic heterocycles. The van der Waals surface area contributed by atoms with Gasteiger partial charge in [0.15, 0.2) is 0 Å². The van der Waals surface area contributed by atoms with Gasteiger partial charge in [0.1, 0.15) is 22.8 Å². The second-order valence-corrected chi connectivity index (χ2v) is 7.92. The van der Waals surface area contributed by atoms with E-state index in [0.29, 0.717) is 23.8 Å². The predicted molar refractivity (Wildman–Crippen MR) is 114 cm³/mol. The van der Waals surface area contributed by atoms with Crippen molar-refractivity contribution in [2.24, 2.45) is 0 Å². The van der Waals surface area contributed by atoms with Gasteiger partial charge in [-0.2, -0.15) is 5.26 Å². The minimum absolute atomic E-state index is 0.0408. The molecule has 30 heavy (non-hydrogen) atoms. The SMILES string of the molecule is CNC(=O)c1csc(-c2cnc3[nH]ccc3c2NC2CCCN(C(=O)CC#N)C2)n1. The Morgan fingerprint density at radius 3 is 3.13 bits per heavy atom. The Kier molecular flexibility index (Phi) is 5.63. The number of pyridine rings is 1. The molecule has 1 unspecified atom stereocenters. The maximum Gasteiger partial charge on any atom is 0.270 e. The zero-order chi connectivity index (χ0) is 21.1. The van der Waals surface area contributed by atoms with Crippen LogP contribution in [0.2, 0.25) is 0 Å². The molecule has 3 aromatic rings. The van der Waals surface area contributed by atoms with E-state index in [-0.39, 0.29) is 24.3 Å². The summed E-state index contributed by atoms with van der Waals surface area (Å²) in [4.78, 5) is 37.9. The first-order chi connectivity index (χ1) is 14.6. The van der Waals surface area contributed by atoms with Crippen LogP contribution in [-0.2, 0) is 4.79 Å². The quantitative estimate of drug-likeness (QED) is 0.578. The molecule has 154 valence electrons. The van der Waals surface area contributed by atoms with E-state index < -0.39 is 0 Å². The maximum atomic E-state index is 12.2. The van der Waals surface area contributed by atoms with Gasteiger partial charge in [-0.15, -0.1) is 11.3 Å². The third-order valence-electron chi connectivity index (χ3n) is 5.13. The largest absolute Gasteiger partial charge is 0.379 e. The highest BCUT2D eigenvalue weighted by atomic mass is 32.1. The number of hydrogen-bond donors (Lipinski definition) is 3. The summed E-state index contributed by atoms with van der Waals surface area (Å²) in [6.45, 7) is 1.21. The normalized spacial score (nSPS) is 16.3. The molecule has 4 rings (SSSR count). The van der Waals surface area contributed by atoms with Crippen LogP contribution >= 0.6 is 11.3 Å².